The molecular weight excluding hydrogens is 751 g/mol. The van der Waals surface area contributed by atoms with Crippen molar-refractivity contribution in [3.63, 3.8) is 0 Å². The van der Waals surface area contributed by atoms with Crippen molar-refractivity contribution in [2.75, 3.05) is 6.54 Å². The smallest absolute Gasteiger partial charge is 0.261 e. The molecule has 2 amide bonds. The zero-order chi connectivity index (χ0) is 42.9. The number of unbranched alkanes of at least 4 members (excludes halogenated alkanes) is 18. The highest BCUT2D eigenvalue weighted by Crippen LogP contribution is 2.48. The molecule has 2 aliphatic rings. The molecule has 332 valence electrons. The number of rotatable bonds is 30. The Morgan fingerprint density at radius 1 is 0.433 bits per heavy atom. The number of imide groups is 1. The van der Waals surface area contributed by atoms with E-state index in [-0.39, 0.29) is 44.5 Å². The van der Waals surface area contributed by atoms with E-state index in [1.54, 1.807) is 0 Å². The molecule has 1 aliphatic heterocycles. The lowest BCUT2D eigenvalue weighted by molar-refractivity contribution is -0.136. The van der Waals surface area contributed by atoms with Crippen LogP contribution in [0.4, 0.5) is 0 Å². The lowest BCUT2D eigenvalue weighted by Crippen LogP contribution is -2.35. The van der Waals surface area contributed by atoms with Gasteiger partial charge < -0.3 is 0 Å². The molecule has 60 heavy (non-hydrogen) atoms. The summed E-state index contributed by atoms with van der Waals surface area (Å²) in [6.45, 7) is 5.52. The maximum atomic E-state index is 13.2. The molecule has 1 saturated carbocycles. The summed E-state index contributed by atoms with van der Waals surface area (Å²) in [4.78, 5) is 76.4. The van der Waals surface area contributed by atoms with Crippen LogP contribution in [0.5, 0.6) is 0 Å². The average Bonchev–Trinajstić information content (AvgIpc) is 3.77. The molecule has 0 N–H and O–H groups in total. The molecular formula is C51H77N3O6. The molecule has 9 heteroatoms. The quantitative estimate of drug-likeness (QED) is 0.0488. The predicted molar refractivity (Wildman–Crippen MR) is 246 cm³/mol. The second-order valence-corrected chi connectivity index (χ2v) is 18.7. The molecule has 3 aromatic rings. The minimum absolute atomic E-state index is 0.169. The lowest BCUT2D eigenvalue weighted by atomic mass is 9.61. The van der Waals surface area contributed by atoms with E-state index in [1.165, 1.54) is 188 Å². The second kappa shape index (κ2) is 24.7. The van der Waals surface area contributed by atoms with Gasteiger partial charge in [-0.1, -0.05) is 155 Å². The summed E-state index contributed by atoms with van der Waals surface area (Å²) in [7, 11) is 1.41. The fourth-order valence-corrected chi connectivity index (χ4v) is 10.9. The number of carbonyl (C=O) groups excluding carboxylic acids is 2. The van der Waals surface area contributed by atoms with Crippen molar-refractivity contribution in [2.24, 2.45) is 30.7 Å². The Morgan fingerprint density at radius 2 is 0.783 bits per heavy atom. The number of benzene rings is 1. The monoisotopic (exact) mass is 828 g/mol. The van der Waals surface area contributed by atoms with Crippen LogP contribution in [0.2, 0.25) is 0 Å². The maximum absolute atomic E-state index is 13.2. The minimum atomic E-state index is -0.433. The molecule has 9 nitrogen and oxygen atoms in total. The maximum Gasteiger partial charge on any atom is 0.261 e. The Kier molecular flexibility index (Phi) is 19.5. The van der Waals surface area contributed by atoms with Crippen LogP contribution in [0, 0.1) is 23.7 Å². The molecule has 1 fully saturated rings. The van der Waals surface area contributed by atoms with E-state index < -0.39 is 11.1 Å². The van der Waals surface area contributed by atoms with Crippen LogP contribution in [0.15, 0.2) is 43.5 Å². The molecule has 4 unspecified atom stereocenters. The van der Waals surface area contributed by atoms with E-state index in [0.29, 0.717) is 13.1 Å². The number of aromatic nitrogens is 2. The summed E-state index contributed by atoms with van der Waals surface area (Å²) in [5.74, 6) is 3.08. The van der Waals surface area contributed by atoms with Crippen LogP contribution in [-0.2, 0) is 23.2 Å². The van der Waals surface area contributed by atoms with Crippen LogP contribution in [0.25, 0.3) is 21.5 Å². The standard InChI is InChI=1S/C51H77N3O6/c1-4-6-8-10-16-22-28-40-38(26-20-9-7-5-2)30-31-39(41(40)29-23-17-12-14-18-24-34-53-46(55)32-33-47(53)56)27-21-15-11-13-19-25-35-54-50(59)44-36-42-43(37-45(44)51(54)60)49(58)52(3)48(42)57/h32-33,36-41H,4-31,34-35H2,1-3H3. The second-order valence-electron chi connectivity index (χ2n) is 18.7. The van der Waals surface area contributed by atoms with Crippen molar-refractivity contribution < 1.29 is 9.59 Å². The number of hydrogen-bond donors (Lipinski definition) is 0. The highest BCUT2D eigenvalue weighted by Gasteiger charge is 2.37. The van der Waals surface area contributed by atoms with Crippen LogP contribution in [-0.4, -0.2) is 32.4 Å². The number of carbonyl (C=O) groups is 2. The first-order chi connectivity index (χ1) is 29.2. The zero-order valence-corrected chi connectivity index (χ0v) is 37.6. The first kappa shape index (κ1) is 47.4. The van der Waals surface area contributed by atoms with Crippen molar-refractivity contribution in [1.29, 1.82) is 0 Å². The van der Waals surface area contributed by atoms with Gasteiger partial charge in [0.25, 0.3) is 34.1 Å². The Bertz CT molecular complexity index is 1950. The first-order valence-electron chi connectivity index (χ1n) is 24.6. The van der Waals surface area contributed by atoms with Crippen LogP contribution < -0.4 is 22.2 Å². The highest BCUT2D eigenvalue weighted by molar-refractivity contribution is 6.12. The molecule has 1 aromatic carbocycles. The van der Waals surface area contributed by atoms with Gasteiger partial charge in [-0.3, -0.25) is 42.8 Å². The largest absolute Gasteiger partial charge is 0.277 e. The van der Waals surface area contributed by atoms with Gasteiger partial charge in [0.15, 0.2) is 0 Å². The molecule has 5 rings (SSSR count). The van der Waals surface area contributed by atoms with E-state index in [0.717, 1.165) is 60.3 Å². The van der Waals surface area contributed by atoms with Gasteiger partial charge in [0, 0.05) is 32.3 Å². The SMILES string of the molecule is CCCCCCCCC1C(CCCCCC)CCC(CCCCCCCCn2c(=O)c3cc4c(=O)n(C)c(=O)c4cc3c2=O)C1CCCCCCCCN1C(=O)C=CC1=O. The van der Waals surface area contributed by atoms with E-state index in [9.17, 15) is 28.8 Å². The summed E-state index contributed by atoms with van der Waals surface area (Å²) in [6, 6.07) is 2.87. The number of fused-ring (bicyclic) bond motifs is 2. The van der Waals surface area contributed by atoms with Crippen molar-refractivity contribution in [1.82, 2.24) is 14.0 Å². The molecule has 0 spiro atoms. The number of nitrogens with zero attached hydrogens (tertiary/aromatic N) is 3. The first-order valence-corrected chi connectivity index (χ1v) is 24.6. The van der Waals surface area contributed by atoms with Gasteiger partial charge in [0.05, 0.1) is 21.5 Å². The molecule has 0 radical (unpaired) electrons. The van der Waals surface area contributed by atoms with Crippen molar-refractivity contribution in [3.8, 4) is 0 Å². The summed E-state index contributed by atoms with van der Waals surface area (Å²) in [5, 5.41) is 0.867. The Balaban J connectivity index is 1.09. The Hall–Kier alpha value is -3.62. The molecule has 4 atom stereocenters. The van der Waals surface area contributed by atoms with Crippen LogP contribution in [0.1, 0.15) is 194 Å². The van der Waals surface area contributed by atoms with Gasteiger partial charge in [0.1, 0.15) is 0 Å². The van der Waals surface area contributed by atoms with Crippen molar-refractivity contribution in [2.45, 2.75) is 200 Å². The minimum Gasteiger partial charge on any atom is -0.277 e. The average molecular weight is 828 g/mol. The van der Waals surface area contributed by atoms with E-state index in [2.05, 4.69) is 13.8 Å². The van der Waals surface area contributed by atoms with Gasteiger partial charge in [0.2, 0.25) is 0 Å². The normalized spacial score (nSPS) is 19.6. The van der Waals surface area contributed by atoms with Gasteiger partial charge in [-0.05, 0) is 74.3 Å². The van der Waals surface area contributed by atoms with E-state index >= 15 is 0 Å². The van der Waals surface area contributed by atoms with Crippen LogP contribution >= 0.6 is 0 Å². The fraction of sp³-hybridized carbons (Fsp3) is 0.725. The number of hydrogen-bond acceptors (Lipinski definition) is 6. The highest BCUT2D eigenvalue weighted by atomic mass is 16.2. The third-order valence-electron chi connectivity index (χ3n) is 14.4. The summed E-state index contributed by atoms with van der Waals surface area (Å²) in [5.41, 5.74) is -1.60. The van der Waals surface area contributed by atoms with Gasteiger partial charge in [-0.2, -0.15) is 0 Å². The fourth-order valence-electron chi connectivity index (χ4n) is 10.9. The van der Waals surface area contributed by atoms with E-state index in [1.807, 2.05) is 0 Å². The topological polar surface area (TPSA) is 116 Å². The zero-order valence-electron chi connectivity index (χ0n) is 37.6. The molecule has 1 aliphatic carbocycles. The van der Waals surface area contributed by atoms with Gasteiger partial charge in [-0.25, -0.2) is 0 Å². The third-order valence-corrected chi connectivity index (χ3v) is 14.4. The summed E-state index contributed by atoms with van der Waals surface area (Å²) in [6.07, 6.45) is 38.1. The summed E-state index contributed by atoms with van der Waals surface area (Å²) >= 11 is 0. The van der Waals surface area contributed by atoms with Crippen LogP contribution in [0.3, 0.4) is 0 Å². The molecule has 0 bridgehead atoms. The Morgan fingerprint density at radius 3 is 1.23 bits per heavy atom. The van der Waals surface area contributed by atoms with Gasteiger partial charge >= 0.3 is 0 Å². The predicted octanol–water partition coefficient (Wildman–Crippen LogP) is 10.8. The third kappa shape index (κ3) is 12.7. The van der Waals surface area contributed by atoms with Crippen molar-refractivity contribution >= 4 is 33.4 Å². The molecule has 3 heterocycles. The molecule has 2 aromatic heterocycles. The Labute approximate surface area is 359 Å². The number of amides is 2. The van der Waals surface area contributed by atoms with Gasteiger partial charge in [-0.15, -0.1) is 0 Å². The van der Waals surface area contributed by atoms with E-state index in [4.69, 9.17) is 0 Å². The summed E-state index contributed by atoms with van der Waals surface area (Å²) < 4.78 is 2.32. The van der Waals surface area contributed by atoms with Crippen molar-refractivity contribution in [3.05, 3.63) is 65.7 Å². The lowest BCUT2D eigenvalue weighted by Gasteiger charge is -2.44. The molecule has 0 saturated heterocycles.